The highest BCUT2D eigenvalue weighted by Gasteiger charge is 2.29. The molecule has 1 amide bonds. The smallest absolute Gasteiger partial charge is 0.244 e. The fourth-order valence-electron chi connectivity index (χ4n) is 2.36. The van der Waals surface area contributed by atoms with E-state index in [0.29, 0.717) is 17.8 Å². The van der Waals surface area contributed by atoms with Crippen LogP contribution in [-0.2, 0) is 24.7 Å². The minimum Gasteiger partial charge on any atom is -0.351 e. The third-order valence-corrected chi connectivity index (χ3v) is 6.78. The highest BCUT2D eigenvalue weighted by Crippen LogP contribution is 2.16. The highest BCUT2D eigenvalue weighted by molar-refractivity contribution is 7.91. The predicted octanol–water partition coefficient (Wildman–Crippen LogP) is -1.39. The molecule has 1 aliphatic heterocycles. The Labute approximate surface area is 128 Å². The van der Waals surface area contributed by atoms with Crippen LogP contribution in [0.1, 0.15) is 17.8 Å². The quantitative estimate of drug-likeness (QED) is 0.597. The van der Waals surface area contributed by atoms with E-state index in [4.69, 9.17) is 0 Å². The van der Waals surface area contributed by atoms with E-state index in [-0.39, 0.29) is 16.4 Å². The van der Waals surface area contributed by atoms with E-state index in [1.165, 1.54) is 0 Å². The molecule has 0 spiro atoms. The molecule has 0 saturated carbocycles. The van der Waals surface area contributed by atoms with Crippen LogP contribution in [-0.4, -0.2) is 57.0 Å². The van der Waals surface area contributed by atoms with Crippen LogP contribution in [0.25, 0.3) is 0 Å². The molecular formula is C11H18N4O5S2. The second-order valence-corrected chi connectivity index (χ2v) is 9.19. The van der Waals surface area contributed by atoms with Gasteiger partial charge in [-0.2, -0.15) is 5.10 Å². The molecule has 2 heterocycles. The van der Waals surface area contributed by atoms with Crippen LogP contribution in [0.2, 0.25) is 0 Å². The van der Waals surface area contributed by atoms with Gasteiger partial charge in [0.2, 0.25) is 15.9 Å². The number of amides is 1. The van der Waals surface area contributed by atoms with Gasteiger partial charge in [-0.15, -0.1) is 0 Å². The number of carbonyl (C=O) groups excluding carboxylic acids is 1. The van der Waals surface area contributed by atoms with Crippen molar-refractivity contribution in [2.75, 3.05) is 18.1 Å². The zero-order valence-corrected chi connectivity index (χ0v) is 13.8. The molecule has 1 aromatic heterocycles. The number of aromatic amines is 1. The van der Waals surface area contributed by atoms with Crippen molar-refractivity contribution < 1.29 is 21.6 Å². The lowest BCUT2D eigenvalue weighted by Crippen LogP contribution is -2.42. The molecule has 124 valence electrons. The Morgan fingerprint density at radius 3 is 2.59 bits per heavy atom. The number of H-pyrrole nitrogens is 1. The number of carbonyl (C=O) groups is 1. The Bertz CT molecular complexity index is 762. The number of sulfone groups is 1. The largest absolute Gasteiger partial charge is 0.351 e. The summed E-state index contributed by atoms with van der Waals surface area (Å²) in [6.45, 7) is 2.66. The summed E-state index contributed by atoms with van der Waals surface area (Å²) in [6.07, 6.45) is 0.348. The van der Waals surface area contributed by atoms with Gasteiger partial charge in [-0.05, 0) is 20.3 Å². The molecule has 1 unspecified atom stereocenters. The number of hydrogen-bond acceptors (Lipinski definition) is 6. The molecule has 1 aromatic rings. The molecule has 0 bridgehead atoms. The molecule has 1 atom stereocenters. The molecular weight excluding hydrogens is 332 g/mol. The summed E-state index contributed by atoms with van der Waals surface area (Å²) in [6, 6.07) is -0.459. The Kier molecular flexibility index (Phi) is 4.59. The molecule has 1 fully saturated rings. The molecule has 22 heavy (non-hydrogen) atoms. The van der Waals surface area contributed by atoms with Gasteiger partial charge in [0.15, 0.2) is 9.84 Å². The first-order valence-corrected chi connectivity index (χ1v) is 9.92. The van der Waals surface area contributed by atoms with Crippen molar-refractivity contribution in [2.24, 2.45) is 0 Å². The summed E-state index contributed by atoms with van der Waals surface area (Å²) in [5.41, 5.74) is 0.694. The predicted molar refractivity (Wildman–Crippen MR) is 78.5 cm³/mol. The molecule has 0 aliphatic carbocycles. The highest BCUT2D eigenvalue weighted by atomic mass is 32.2. The number of nitrogens with zero attached hydrogens (tertiary/aromatic N) is 1. The fraction of sp³-hybridized carbons (Fsp3) is 0.636. The van der Waals surface area contributed by atoms with E-state index in [1.54, 1.807) is 13.8 Å². The Balaban J connectivity index is 1.94. The Morgan fingerprint density at radius 2 is 2.09 bits per heavy atom. The van der Waals surface area contributed by atoms with Gasteiger partial charge in [-0.25, -0.2) is 21.6 Å². The molecule has 1 saturated heterocycles. The van der Waals surface area contributed by atoms with Crippen LogP contribution < -0.4 is 10.0 Å². The minimum atomic E-state index is -3.85. The van der Waals surface area contributed by atoms with Gasteiger partial charge < -0.3 is 5.32 Å². The lowest BCUT2D eigenvalue weighted by atomic mass is 10.2. The maximum atomic E-state index is 12.1. The van der Waals surface area contributed by atoms with E-state index in [0.717, 1.165) is 0 Å². The van der Waals surface area contributed by atoms with Crippen LogP contribution >= 0.6 is 0 Å². The summed E-state index contributed by atoms with van der Waals surface area (Å²) < 4.78 is 49.0. The minimum absolute atomic E-state index is 0.0174. The lowest BCUT2D eigenvalue weighted by molar-refractivity contribution is -0.120. The monoisotopic (exact) mass is 350 g/mol. The second kappa shape index (κ2) is 5.97. The standard InChI is InChI=1S/C11H18N4O5S2/c1-7-11(8(2)15-14-7)22(19,20)12-5-10(16)13-9-3-4-21(17,18)6-9/h9,12H,3-6H2,1-2H3,(H,13,16)(H,14,15). The van der Waals surface area contributed by atoms with E-state index in [2.05, 4.69) is 20.2 Å². The average molecular weight is 350 g/mol. The first kappa shape index (κ1) is 16.9. The third-order valence-electron chi connectivity index (χ3n) is 3.35. The van der Waals surface area contributed by atoms with Crippen molar-refractivity contribution in [3.63, 3.8) is 0 Å². The van der Waals surface area contributed by atoms with Crippen LogP contribution in [0.4, 0.5) is 0 Å². The number of hydrogen-bond donors (Lipinski definition) is 3. The van der Waals surface area contributed by atoms with Gasteiger partial charge in [0.1, 0.15) is 4.90 Å². The van der Waals surface area contributed by atoms with Crippen molar-refractivity contribution in [1.29, 1.82) is 0 Å². The molecule has 0 radical (unpaired) electrons. The van der Waals surface area contributed by atoms with Crippen LogP contribution in [0.3, 0.4) is 0 Å². The van der Waals surface area contributed by atoms with Gasteiger partial charge in [0.25, 0.3) is 0 Å². The van der Waals surface area contributed by atoms with Gasteiger partial charge in [-0.1, -0.05) is 0 Å². The Hall–Kier alpha value is -1.46. The maximum absolute atomic E-state index is 12.1. The zero-order chi connectivity index (χ0) is 16.5. The number of nitrogens with one attached hydrogen (secondary N) is 3. The average Bonchev–Trinajstić information content (AvgIpc) is 2.90. The number of rotatable bonds is 5. The second-order valence-electron chi connectivity index (χ2n) is 5.26. The van der Waals surface area contributed by atoms with Gasteiger partial charge in [0.05, 0.1) is 29.4 Å². The number of sulfonamides is 1. The van der Waals surface area contributed by atoms with Crippen LogP contribution in [0, 0.1) is 13.8 Å². The first-order chi connectivity index (χ1) is 10.1. The molecule has 0 aromatic carbocycles. The molecule has 11 heteroatoms. The number of aryl methyl sites for hydroxylation is 2. The zero-order valence-electron chi connectivity index (χ0n) is 12.2. The summed E-state index contributed by atoms with van der Waals surface area (Å²) in [7, 11) is -6.95. The summed E-state index contributed by atoms with van der Waals surface area (Å²) in [5, 5.41) is 8.87. The van der Waals surface area contributed by atoms with Crippen molar-refractivity contribution in [2.45, 2.75) is 31.2 Å². The van der Waals surface area contributed by atoms with Gasteiger partial charge >= 0.3 is 0 Å². The molecule has 1 aliphatic rings. The normalized spacial score (nSPS) is 20.9. The third kappa shape index (κ3) is 3.84. The van der Waals surface area contributed by atoms with Gasteiger partial charge in [-0.3, -0.25) is 9.89 Å². The SMILES string of the molecule is Cc1n[nH]c(C)c1S(=O)(=O)NCC(=O)NC1CCS(=O)(=O)C1. The first-order valence-electron chi connectivity index (χ1n) is 6.62. The van der Waals surface area contributed by atoms with Crippen LogP contribution in [0.15, 0.2) is 4.90 Å². The van der Waals surface area contributed by atoms with Crippen LogP contribution in [0.5, 0.6) is 0 Å². The van der Waals surface area contributed by atoms with Crippen molar-refractivity contribution in [3.8, 4) is 0 Å². The fourth-order valence-corrected chi connectivity index (χ4v) is 5.38. The molecule has 2 rings (SSSR count). The lowest BCUT2D eigenvalue weighted by Gasteiger charge is -2.11. The summed E-state index contributed by atoms with van der Waals surface area (Å²) >= 11 is 0. The van der Waals surface area contributed by atoms with Crippen molar-refractivity contribution in [3.05, 3.63) is 11.4 Å². The van der Waals surface area contributed by atoms with Crippen molar-refractivity contribution >= 4 is 25.8 Å². The summed E-state index contributed by atoms with van der Waals surface area (Å²) in [5.74, 6) is -0.632. The maximum Gasteiger partial charge on any atom is 0.244 e. The van der Waals surface area contributed by atoms with E-state index in [1.807, 2.05) is 0 Å². The summed E-state index contributed by atoms with van der Waals surface area (Å²) in [4.78, 5) is 11.8. The topological polar surface area (TPSA) is 138 Å². The van der Waals surface area contributed by atoms with E-state index < -0.39 is 38.4 Å². The van der Waals surface area contributed by atoms with Crippen molar-refractivity contribution in [1.82, 2.24) is 20.2 Å². The van der Waals surface area contributed by atoms with Gasteiger partial charge in [0, 0.05) is 6.04 Å². The molecule has 9 nitrogen and oxygen atoms in total. The molecule has 3 N–H and O–H groups in total. The number of aromatic nitrogens is 2. The van der Waals surface area contributed by atoms with E-state index >= 15 is 0 Å². The Morgan fingerprint density at radius 1 is 1.41 bits per heavy atom. The van der Waals surface area contributed by atoms with E-state index in [9.17, 15) is 21.6 Å².